The molecule has 78 valence electrons. The van der Waals surface area contributed by atoms with Gasteiger partial charge in [0.15, 0.2) is 0 Å². The van der Waals surface area contributed by atoms with Crippen LogP contribution in [-0.2, 0) is 11.2 Å². The first-order valence-electron chi connectivity index (χ1n) is 4.33. The predicted octanol–water partition coefficient (Wildman–Crippen LogP) is 3.09. The second kappa shape index (κ2) is 7.79. The molecule has 3 heteroatoms. The minimum atomic E-state index is -0.280. The van der Waals surface area contributed by atoms with Gasteiger partial charge in [-0.2, -0.15) is 0 Å². The van der Waals surface area contributed by atoms with Crippen LogP contribution in [0.25, 0.3) is 0 Å². The number of methoxy groups -OCH3 is 1. The maximum atomic E-state index is 11.0. The van der Waals surface area contributed by atoms with Crippen molar-refractivity contribution >= 4 is 28.6 Å². The molecule has 1 aromatic rings. The Morgan fingerprint density at radius 2 is 1.79 bits per heavy atom. The van der Waals surface area contributed by atoms with Crippen molar-refractivity contribution in [1.29, 1.82) is 0 Å². The smallest absolute Gasteiger partial charge is 0.337 e. The number of ether oxygens (including phenoxy) is 1. The van der Waals surface area contributed by atoms with Gasteiger partial charge in [0, 0.05) is 0 Å². The standard InChI is InChI=1S/C10H12O2.CH3I/c1-3-8-4-6-9(7-5-8)10(11)12-2;1-2/h4-7H,3H2,1-2H3;1H3. The molecule has 0 amide bonds. The number of carbonyl (C=O) groups is 1. The number of halogens is 1. The molecule has 14 heavy (non-hydrogen) atoms. The molecular formula is C11H15IO2. The van der Waals surface area contributed by atoms with Crippen molar-refractivity contribution in [3.63, 3.8) is 0 Å². The fourth-order valence-electron chi connectivity index (χ4n) is 0.994. The zero-order valence-corrected chi connectivity index (χ0v) is 10.9. The average molecular weight is 306 g/mol. The summed E-state index contributed by atoms with van der Waals surface area (Å²) in [6.07, 6.45) is 0.988. The number of esters is 1. The Morgan fingerprint density at radius 1 is 1.29 bits per heavy atom. The Kier molecular flexibility index (Phi) is 7.47. The van der Waals surface area contributed by atoms with Gasteiger partial charge in [0.25, 0.3) is 0 Å². The summed E-state index contributed by atoms with van der Waals surface area (Å²) in [7, 11) is 1.38. The summed E-state index contributed by atoms with van der Waals surface area (Å²) < 4.78 is 4.57. The molecule has 0 radical (unpaired) electrons. The molecule has 0 atom stereocenters. The Hall–Kier alpha value is -0.580. The largest absolute Gasteiger partial charge is 0.465 e. The minimum absolute atomic E-state index is 0.280. The first kappa shape index (κ1) is 13.4. The van der Waals surface area contributed by atoms with Gasteiger partial charge >= 0.3 is 5.97 Å². The topological polar surface area (TPSA) is 26.3 Å². The van der Waals surface area contributed by atoms with E-state index in [9.17, 15) is 4.79 Å². The Morgan fingerprint density at radius 3 is 2.14 bits per heavy atom. The lowest BCUT2D eigenvalue weighted by atomic mass is 10.1. The van der Waals surface area contributed by atoms with E-state index in [1.54, 1.807) is 12.1 Å². The lowest BCUT2D eigenvalue weighted by molar-refractivity contribution is 0.0600. The van der Waals surface area contributed by atoms with E-state index in [0.29, 0.717) is 5.56 Å². The lowest BCUT2D eigenvalue weighted by Crippen LogP contribution is -2.00. The maximum Gasteiger partial charge on any atom is 0.337 e. The Bertz CT molecular complexity index is 267. The van der Waals surface area contributed by atoms with Gasteiger partial charge in [-0.3, -0.25) is 0 Å². The Balaban J connectivity index is 0.000000791. The summed E-state index contributed by atoms with van der Waals surface area (Å²) in [5.74, 6) is -0.280. The number of benzene rings is 1. The molecule has 0 unspecified atom stereocenters. The van der Waals surface area contributed by atoms with E-state index >= 15 is 0 Å². The van der Waals surface area contributed by atoms with E-state index in [1.807, 2.05) is 17.1 Å². The van der Waals surface area contributed by atoms with Gasteiger partial charge in [-0.05, 0) is 29.0 Å². The Labute approximate surface area is 98.8 Å². The van der Waals surface area contributed by atoms with Gasteiger partial charge in [0.2, 0.25) is 0 Å². The third kappa shape index (κ3) is 4.09. The van der Waals surface area contributed by atoms with Crippen molar-refractivity contribution in [3.8, 4) is 0 Å². The summed E-state index contributed by atoms with van der Waals surface area (Å²) in [6, 6.07) is 7.44. The third-order valence-corrected chi connectivity index (χ3v) is 1.78. The highest BCUT2D eigenvalue weighted by atomic mass is 127. The number of hydrogen-bond acceptors (Lipinski definition) is 2. The predicted molar refractivity (Wildman–Crippen MR) is 67.1 cm³/mol. The van der Waals surface area contributed by atoms with E-state index in [0.717, 1.165) is 6.42 Å². The quantitative estimate of drug-likeness (QED) is 0.477. The molecule has 0 fully saturated rings. The number of alkyl halides is 1. The lowest BCUT2D eigenvalue weighted by Gasteiger charge is -1.99. The van der Waals surface area contributed by atoms with Gasteiger partial charge in [0.05, 0.1) is 12.7 Å². The first-order chi connectivity index (χ1) is 6.77. The van der Waals surface area contributed by atoms with Crippen molar-refractivity contribution in [1.82, 2.24) is 0 Å². The SMILES string of the molecule is CCc1ccc(C(=O)OC)cc1.CI. The molecule has 0 saturated carbocycles. The highest BCUT2D eigenvalue weighted by molar-refractivity contribution is 14.1. The summed E-state index contributed by atoms with van der Waals surface area (Å²) in [5.41, 5.74) is 1.83. The van der Waals surface area contributed by atoms with Crippen LogP contribution in [0.15, 0.2) is 24.3 Å². The van der Waals surface area contributed by atoms with Crippen LogP contribution in [0.2, 0.25) is 0 Å². The van der Waals surface area contributed by atoms with E-state index in [2.05, 4.69) is 34.3 Å². The highest BCUT2D eigenvalue weighted by Crippen LogP contribution is 2.05. The van der Waals surface area contributed by atoms with E-state index in [1.165, 1.54) is 12.7 Å². The molecule has 0 aliphatic rings. The van der Waals surface area contributed by atoms with Crippen molar-refractivity contribution in [2.45, 2.75) is 13.3 Å². The van der Waals surface area contributed by atoms with Crippen molar-refractivity contribution < 1.29 is 9.53 Å². The monoisotopic (exact) mass is 306 g/mol. The minimum Gasteiger partial charge on any atom is -0.465 e. The van der Waals surface area contributed by atoms with Crippen LogP contribution in [0, 0.1) is 0 Å². The number of aryl methyl sites for hydroxylation is 1. The van der Waals surface area contributed by atoms with E-state index in [4.69, 9.17) is 0 Å². The van der Waals surface area contributed by atoms with Gasteiger partial charge in [0.1, 0.15) is 0 Å². The summed E-state index contributed by atoms with van der Waals surface area (Å²) in [4.78, 5) is 13.0. The molecule has 1 rings (SSSR count). The molecule has 0 saturated heterocycles. The van der Waals surface area contributed by atoms with Crippen LogP contribution in [0.5, 0.6) is 0 Å². The molecule has 0 bridgehead atoms. The van der Waals surface area contributed by atoms with E-state index < -0.39 is 0 Å². The molecule has 0 N–H and O–H groups in total. The summed E-state index contributed by atoms with van der Waals surface area (Å²) >= 11 is 2.15. The maximum absolute atomic E-state index is 11.0. The number of rotatable bonds is 2. The van der Waals surface area contributed by atoms with Crippen molar-refractivity contribution in [3.05, 3.63) is 35.4 Å². The van der Waals surface area contributed by atoms with E-state index in [-0.39, 0.29) is 5.97 Å². The first-order valence-corrected chi connectivity index (χ1v) is 6.48. The molecule has 0 aliphatic heterocycles. The molecule has 0 aromatic heterocycles. The van der Waals surface area contributed by atoms with Crippen molar-refractivity contribution in [2.75, 3.05) is 12.0 Å². The van der Waals surface area contributed by atoms with Crippen LogP contribution in [-0.4, -0.2) is 18.0 Å². The summed E-state index contributed by atoms with van der Waals surface area (Å²) in [6.45, 7) is 2.08. The van der Waals surface area contributed by atoms with Gasteiger partial charge in [-0.1, -0.05) is 41.6 Å². The molecule has 2 nitrogen and oxygen atoms in total. The van der Waals surface area contributed by atoms with Crippen LogP contribution < -0.4 is 0 Å². The van der Waals surface area contributed by atoms with Gasteiger partial charge in [-0.25, -0.2) is 4.79 Å². The van der Waals surface area contributed by atoms with Crippen LogP contribution >= 0.6 is 22.6 Å². The fraction of sp³-hybridized carbons (Fsp3) is 0.364. The molecule has 1 aromatic carbocycles. The van der Waals surface area contributed by atoms with Gasteiger partial charge < -0.3 is 4.74 Å². The number of carbonyl (C=O) groups excluding carboxylic acids is 1. The molecular weight excluding hydrogens is 291 g/mol. The second-order valence-electron chi connectivity index (χ2n) is 2.54. The van der Waals surface area contributed by atoms with Crippen molar-refractivity contribution in [2.24, 2.45) is 0 Å². The van der Waals surface area contributed by atoms with Crippen LogP contribution in [0.3, 0.4) is 0 Å². The highest BCUT2D eigenvalue weighted by Gasteiger charge is 2.02. The van der Waals surface area contributed by atoms with Crippen LogP contribution in [0.1, 0.15) is 22.8 Å². The zero-order chi connectivity index (χ0) is 11.0. The molecule has 0 spiro atoms. The second-order valence-corrected chi connectivity index (χ2v) is 2.54. The zero-order valence-electron chi connectivity index (χ0n) is 8.71. The average Bonchev–Trinajstić information content (AvgIpc) is 2.31. The summed E-state index contributed by atoms with van der Waals surface area (Å²) in [5, 5.41) is 0. The number of hydrogen-bond donors (Lipinski definition) is 0. The van der Waals surface area contributed by atoms with Crippen LogP contribution in [0.4, 0.5) is 0 Å². The normalized spacial score (nSPS) is 8.57. The fourth-order valence-corrected chi connectivity index (χ4v) is 0.994. The molecule has 0 aliphatic carbocycles. The third-order valence-electron chi connectivity index (χ3n) is 1.78. The van der Waals surface area contributed by atoms with Gasteiger partial charge in [-0.15, -0.1) is 0 Å². The molecule has 0 heterocycles.